The molecule has 7 heteroatoms. The summed E-state index contributed by atoms with van der Waals surface area (Å²) in [6.07, 6.45) is 3.55. The summed E-state index contributed by atoms with van der Waals surface area (Å²) in [4.78, 5) is 16.5. The predicted octanol–water partition coefficient (Wildman–Crippen LogP) is 5.32. The monoisotopic (exact) mass is 457 g/mol. The maximum atomic E-state index is 12.3. The quantitative estimate of drug-likeness (QED) is 0.363. The molecular formula is C26H27N5OS. The molecule has 4 aromatic rings. The van der Waals surface area contributed by atoms with Crippen LogP contribution in [0.5, 0.6) is 0 Å². The summed E-state index contributed by atoms with van der Waals surface area (Å²) < 4.78 is 2.06. The van der Waals surface area contributed by atoms with Gasteiger partial charge in [0.15, 0.2) is 11.0 Å². The van der Waals surface area contributed by atoms with Gasteiger partial charge in [-0.05, 0) is 54.8 Å². The molecule has 0 bridgehead atoms. The summed E-state index contributed by atoms with van der Waals surface area (Å²) in [7, 11) is 0. The van der Waals surface area contributed by atoms with E-state index in [9.17, 15) is 4.79 Å². The van der Waals surface area contributed by atoms with E-state index in [1.807, 2.05) is 36.4 Å². The number of carbonyl (C=O) groups is 1. The lowest BCUT2D eigenvalue weighted by molar-refractivity contribution is 0.0949. The third-order valence-electron chi connectivity index (χ3n) is 5.10. The Morgan fingerprint density at radius 3 is 2.45 bits per heavy atom. The Labute approximate surface area is 198 Å². The van der Waals surface area contributed by atoms with Crippen molar-refractivity contribution in [3.05, 3.63) is 89.7 Å². The molecule has 1 N–H and O–H groups in total. The van der Waals surface area contributed by atoms with Crippen molar-refractivity contribution >= 4 is 17.7 Å². The molecule has 4 rings (SSSR count). The van der Waals surface area contributed by atoms with Crippen LogP contribution in [0.15, 0.2) is 78.2 Å². The van der Waals surface area contributed by atoms with E-state index in [1.165, 1.54) is 5.56 Å². The molecule has 1 amide bonds. The summed E-state index contributed by atoms with van der Waals surface area (Å²) in [5.74, 6) is 1.85. The maximum absolute atomic E-state index is 12.3. The van der Waals surface area contributed by atoms with Crippen LogP contribution in [-0.2, 0) is 5.75 Å². The highest BCUT2D eigenvalue weighted by Gasteiger charge is 2.16. The van der Waals surface area contributed by atoms with Crippen LogP contribution in [0, 0.1) is 12.8 Å². The second kappa shape index (κ2) is 10.4. The zero-order valence-electron chi connectivity index (χ0n) is 19.0. The molecule has 168 valence electrons. The normalized spacial score (nSPS) is 11.0. The van der Waals surface area contributed by atoms with Gasteiger partial charge in [0, 0.05) is 41.5 Å². The molecule has 0 unspecified atom stereocenters. The van der Waals surface area contributed by atoms with Gasteiger partial charge in [0.2, 0.25) is 0 Å². The van der Waals surface area contributed by atoms with E-state index in [2.05, 4.69) is 70.1 Å². The van der Waals surface area contributed by atoms with Gasteiger partial charge < -0.3 is 5.32 Å². The summed E-state index contributed by atoms with van der Waals surface area (Å²) in [6, 6.07) is 19.9. The standard InChI is InChI=1S/C26H27N5OS/c1-18(2)15-28-25(32)21-10-8-20(9-11-21)17-33-26-30-29-24(22-5-4-14-27-16-22)31(26)23-12-6-19(3)7-13-23/h4-14,16,18H,15,17H2,1-3H3,(H,28,32). The zero-order valence-corrected chi connectivity index (χ0v) is 19.8. The number of hydrogen-bond acceptors (Lipinski definition) is 5. The van der Waals surface area contributed by atoms with E-state index in [0.29, 0.717) is 23.8 Å². The zero-order chi connectivity index (χ0) is 23.2. The fourth-order valence-electron chi connectivity index (χ4n) is 3.27. The van der Waals surface area contributed by atoms with Crippen molar-refractivity contribution in [3.63, 3.8) is 0 Å². The van der Waals surface area contributed by atoms with Crippen LogP contribution in [0.25, 0.3) is 17.1 Å². The molecule has 2 aromatic carbocycles. The first-order valence-electron chi connectivity index (χ1n) is 10.9. The second-order valence-corrected chi connectivity index (χ2v) is 9.25. The molecule has 0 saturated heterocycles. The number of rotatable bonds is 8. The number of aromatic nitrogens is 4. The van der Waals surface area contributed by atoms with Gasteiger partial charge >= 0.3 is 0 Å². The molecular weight excluding hydrogens is 430 g/mol. The highest BCUT2D eigenvalue weighted by Crippen LogP contribution is 2.29. The van der Waals surface area contributed by atoms with Gasteiger partial charge in [-0.25, -0.2) is 0 Å². The first-order valence-corrected chi connectivity index (χ1v) is 11.9. The van der Waals surface area contributed by atoms with Gasteiger partial charge in [0.05, 0.1) is 0 Å². The minimum atomic E-state index is -0.0388. The van der Waals surface area contributed by atoms with Gasteiger partial charge in [0.25, 0.3) is 5.91 Å². The van der Waals surface area contributed by atoms with Crippen LogP contribution in [0.3, 0.4) is 0 Å². The molecule has 0 radical (unpaired) electrons. The number of hydrogen-bond donors (Lipinski definition) is 1. The second-order valence-electron chi connectivity index (χ2n) is 8.31. The van der Waals surface area contributed by atoms with Gasteiger partial charge in [-0.15, -0.1) is 10.2 Å². The number of nitrogens with one attached hydrogen (secondary N) is 1. The fourth-order valence-corrected chi connectivity index (χ4v) is 4.18. The van der Waals surface area contributed by atoms with Gasteiger partial charge in [-0.3, -0.25) is 14.3 Å². The molecule has 2 heterocycles. The van der Waals surface area contributed by atoms with Crippen LogP contribution >= 0.6 is 11.8 Å². The predicted molar refractivity (Wildman–Crippen MR) is 133 cm³/mol. The smallest absolute Gasteiger partial charge is 0.251 e. The highest BCUT2D eigenvalue weighted by atomic mass is 32.2. The molecule has 6 nitrogen and oxygen atoms in total. The fraction of sp³-hybridized carbons (Fsp3) is 0.231. The van der Waals surface area contributed by atoms with Crippen LogP contribution in [0.4, 0.5) is 0 Å². The number of carbonyl (C=O) groups excluding carboxylic acids is 1. The van der Waals surface area contributed by atoms with Crippen molar-refractivity contribution in [1.29, 1.82) is 0 Å². The Bertz CT molecular complexity index is 1200. The van der Waals surface area contributed by atoms with Crippen molar-refractivity contribution in [1.82, 2.24) is 25.1 Å². The Morgan fingerprint density at radius 1 is 1.03 bits per heavy atom. The first kappa shape index (κ1) is 22.7. The summed E-state index contributed by atoms with van der Waals surface area (Å²) in [5, 5.41) is 12.7. The Kier molecular flexibility index (Phi) is 7.19. The van der Waals surface area contributed by atoms with E-state index < -0.39 is 0 Å². The average molecular weight is 458 g/mol. The maximum Gasteiger partial charge on any atom is 0.251 e. The highest BCUT2D eigenvalue weighted by molar-refractivity contribution is 7.98. The van der Waals surface area contributed by atoms with E-state index in [0.717, 1.165) is 27.8 Å². The molecule has 0 atom stereocenters. The lowest BCUT2D eigenvalue weighted by Crippen LogP contribution is -2.27. The number of thioether (sulfide) groups is 1. The van der Waals surface area contributed by atoms with Gasteiger partial charge in [-0.2, -0.15) is 0 Å². The van der Waals surface area contributed by atoms with E-state index in [1.54, 1.807) is 24.2 Å². The SMILES string of the molecule is Cc1ccc(-n2c(SCc3ccc(C(=O)NCC(C)C)cc3)nnc2-c2cccnc2)cc1. The Morgan fingerprint density at radius 2 is 1.79 bits per heavy atom. The summed E-state index contributed by atoms with van der Waals surface area (Å²) in [5.41, 5.74) is 4.90. The molecule has 0 aliphatic rings. The van der Waals surface area contributed by atoms with Crippen molar-refractivity contribution in [2.75, 3.05) is 6.54 Å². The van der Waals surface area contributed by atoms with Crippen LogP contribution in [-0.4, -0.2) is 32.2 Å². The van der Waals surface area contributed by atoms with Crippen LogP contribution in [0.1, 0.15) is 35.3 Å². The lowest BCUT2D eigenvalue weighted by atomic mass is 10.1. The first-order chi connectivity index (χ1) is 16.0. The van der Waals surface area contributed by atoms with E-state index >= 15 is 0 Å². The van der Waals surface area contributed by atoms with Crippen molar-refractivity contribution in [3.8, 4) is 17.1 Å². The van der Waals surface area contributed by atoms with Crippen molar-refractivity contribution < 1.29 is 4.79 Å². The average Bonchev–Trinajstić information content (AvgIpc) is 3.26. The number of nitrogens with zero attached hydrogens (tertiary/aromatic N) is 4. The molecule has 0 spiro atoms. The molecule has 0 fully saturated rings. The van der Waals surface area contributed by atoms with Crippen LogP contribution < -0.4 is 5.32 Å². The molecule has 0 aliphatic carbocycles. The summed E-state index contributed by atoms with van der Waals surface area (Å²) in [6.45, 7) is 6.90. The van der Waals surface area contributed by atoms with E-state index in [4.69, 9.17) is 0 Å². The van der Waals surface area contributed by atoms with Gasteiger partial charge in [-0.1, -0.05) is 55.4 Å². The molecule has 0 aliphatic heterocycles. The summed E-state index contributed by atoms with van der Waals surface area (Å²) >= 11 is 1.61. The van der Waals surface area contributed by atoms with E-state index in [-0.39, 0.29) is 5.91 Å². The molecule has 0 saturated carbocycles. The largest absolute Gasteiger partial charge is 0.352 e. The number of pyridine rings is 1. The van der Waals surface area contributed by atoms with Gasteiger partial charge in [0.1, 0.15) is 0 Å². The van der Waals surface area contributed by atoms with Crippen LogP contribution in [0.2, 0.25) is 0 Å². The minimum absolute atomic E-state index is 0.0388. The minimum Gasteiger partial charge on any atom is -0.352 e. The number of amides is 1. The third-order valence-corrected chi connectivity index (χ3v) is 6.10. The topological polar surface area (TPSA) is 72.7 Å². The Hall–Kier alpha value is -3.45. The lowest BCUT2D eigenvalue weighted by Gasteiger charge is -2.11. The molecule has 2 aromatic heterocycles. The number of aryl methyl sites for hydroxylation is 1. The van der Waals surface area contributed by atoms with Crippen molar-refractivity contribution in [2.45, 2.75) is 31.7 Å². The van der Waals surface area contributed by atoms with Crippen molar-refractivity contribution in [2.24, 2.45) is 5.92 Å². The third kappa shape index (κ3) is 5.68. The Balaban J connectivity index is 1.54. The molecule has 33 heavy (non-hydrogen) atoms. The number of benzene rings is 2.